The Morgan fingerprint density at radius 3 is 3.09 bits per heavy atom. The molecule has 0 aliphatic carbocycles. The van der Waals surface area contributed by atoms with Crippen LogP contribution in [0.2, 0.25) is 0 Å². The van der Waals surface area contributed by atoms with Gasteiger partial charge in [0.15, 0.2) is 0 Å². The number of rotatable bonds is 5. The van der Waals surface area contributed by atoms with Crippen LogP contribution in [0.1, 0.15) is 36.1 Å². The normalized spacial score (nSPS) is 17.7. The van der Waals surface area contributed by atoms with Crippen molar-refractivity contribution in [3.8, 4) is 0 Å². The van der Waals surface area contributed by atoms with Crippen molar-refractivity contribution in [3.63, 3.8) is 0 Å². The molecule has 1 fully saturated rings. The van der Waals surface area contributed by atoms with Crippen LogP contribution in [0.15, 0.2) is 34.9 Å². The standard InChI is InChI=1S/C17H19FN2O3/c1-22-11-16(21)20-8-4-7-15(20)17-19-10-13(23-17)9-12-5-2-3-6-14(12)18/h2-3,5-6,10,15H,4,7-9,11H2,1H3. The molecule has 1 amide bonds. The van der Waals surface area contributed by atoms with Crippen LogP contribution in [0.5, 0.6) is 0 Å². The van der Waals surface area contributed by atoms with Crippen LogP contribution in [0.25, 0.3) is 0 Å². The fraction of sp³-hybridized carbons (Fsp3) is 0.412. The number of ether oxygens (including phenoxy) is 1. The van der Waals surface area contributed by atoms with Gasteiger partial charge >= 0.3 is 0 Å². The topological polar surface area (TPSA) is 55.6 Å². The van der Waals surface area contributed by atoms with Crippen molar-refractivity contribution in [3.05, 3.63) is 53.5 Å². The van der Waals surface area contributed by atoms with E-state index in [0.29, 0.717) is 30.2 Å². The zero-order valence-electron chi connectivity index (χ0n) is 13.0. The Bertz CT molecular complexity index is 686. The Morgan fingerprint density at radius 1 is 1.48 bits per heavy atom. The maximum atomic E-state index is 13.7. The predicted molar refractivity (Wildman–Crippen MR) is 81.3 cm³/mol. The molecule has 1 saturated heterocycles. The molecule has 1 unspecified atom stereocenters. The molecule has 0 radical (unpaired) electrons. The SMILES string of the molecule is COCC(=O)N1CCCC1c1ncc(Cc2ccccc2F)o1. The van der Waals surface area contributed by atoms with Crippen LogP contribution in [-0.4, -0.2) is 36.1 Å². The summed E-state index contributed by atoms with van der Waals surface area (Å²) in [5, 5.41) is 0. The van der Waals surface area contributed by atoms with Crippen molar-refractivity contribution in [1.82, 2.24) is 9.88 Å². The van der Waals surface area contributed by atoms with E-state index >= 15 is 0 Å². The van der Waals surface area contributed by atoms with E-state index in [1.807, 2.05) is 0 Å². The van der Waals surface area contributed by atoms with Crippen molar-refractivity contribution >= 4 is 5.91 Å². The lowest BCUT2D eigenvalue weighted by atomic mass is 10.1. The van der Waals surface area contributed by atoms with Gasteiger partial charge in [-0.15, -0.1) is 0 Å². The highest BCUT2D eigenvalue weighted by molar-refractivity contribution is 5.78. The third-order valence-electron chi connectivity index (χ3n) is 4.02. The van der Waals surface area contributed by atoms with Crippen molar-refractivity contribution in [2.24, 2.45) is 0 Å². The second-order valence-electron chi connectivity index (χ2n) is 5.61. The summed E-state index contributed by atoms with van der Waals surface area (Å²) >= 11 is 0. The zero-order valence-corrected chi connectivity index (χ0v) is 13.0. The number of amides is 1. The third kappa shape index (κ3) is 3.42. The molecule has 122 valence electrons. The highest BCUT2D eigenvalue weighted by atomic mass is 19.1. The summed E-state index contributed by atoms with van der Waals surface area (Å²) < 4.78 is 24.4. The molecule has 23 heavy (non-hydrogen) atoms. The molecule has 0 saturated carbocycles. The van der Waals surface area contributed by atoms with Crippen molar-refractivity contribution in [1.29, 1.82) is 0 Å². The summed E-state index contributed by atoms with van der Waals surface area (Å²) in [6.45, 7) is 0.733. The van der Waals surface area contributed by atoms with Gasteiger partial charge in [-0.3, -0.25) is 4.79 Å². The van der Waals surface area contributed by atoms with Crippen molar-refractivity contribution < 1.29 is 18.3 Å². The molecule has 0 spiro atoms. The smallest absolute Gasteiger partial charge is 0.249 e. The lowest BCUT2D eigenvalue weighted by molar-refractivity contribution is -0.136. The first-order valence-corrected chi connectivity index (χ1v) is 7.65. The maximum absolute atomic E-state index is 13.7. The van der Waals surface area contributed by atoms with Gasteiger partial charge < -0.3 is 14.1 Å². The average molecular weight is 318 g/mol. The molecule has 3 rings (SSSR count). The van der Waals surface area contributed by atoms with E-state index in [-0.39, 0.29) is 24.4 Å². The van der Waals surface area contributed by atoms with Crippen molar-refractivity contribution in [2.45, 2.75) is 25.3 Å². The highest BCUT2D eigenvalue weighted by Gasteiger charge is 2.33. The second kappa shape index (κ2) is 6.91. The molecule has 2 aromatic rings. The molecule has 1 aliphatic rings. The van der Waals surface area contributed by atoms with Crippen LogP contribution < -0.4 is 0 Å². The maximum Gasteiger partial charge on any atom is 0.249 e. The fourth-order valence-electron chi connectivity index (χ4n) is 2.92. The minimum absolute atomic E-state index is 0.0549. The Balaban J connectivity index is 1.74. The van der Waals surface area contributed by atoms with E-state index in [4.69, 9.17) is 9.15 Å². The van der Waals surface area contributed by atoms with E-state index in [1.54, 1.807) is 29.3 Å². The first kappa shape index (κ1) is 15.7. The van der Waals surface area contributed by atoms with Gasteiger partial charge in [0.2, 0.25) is 11.8 Å². The van der Waals surface area contributed by atoms with Gasteiger partial charge in [0.25, 0.3) is 0 Å². The first-order valence-electron chi connectivity index (χ1n) is 7.65. The van der Waals surface area contributed by atoms with E-state index < -0.39 is 0 Å². The van der Waals surface area contributed by atoms with E-state index in [9.17, 15) is 9.18 Å². The van der Waals surface area contributed by atoms with E-state index in [2.05, 4.69) is 4.98 Å². The van der Waals surface area contributed by atoms with Crippen molar-refractivity contribution in [2.75, 3.05) is 20.3 Å². The monoisotopic (exact) mass is 318 g/mol. The number of aromatic nitrogens is 1. The van der Waals surface area contributed by atoms with E-state index in [1.165, 1.54) is 13.2 Å². The fourth-order valence-corrected chi connectivity index (χ4v) is 2.92. The number of halogens is 1. The molecule has 1 aromatic heterocycles. The number of hydrogen-bond acceptors (Lipinski definition) is 4. The number of nitrogens with zero attached hydrogens (tertiary/aromatic N) is 2. The van der Waals surface area contributed by atoms with Gasteiger partial charge in [-0.2, -0.15) is 0 Å². The van der Waals surface area contributed by atoms with Crippen LogP contribution in [-0.2, 0) is 16.0 Å². The minimum Gasteiger partial charge on any atom is -0.443 e. The highest BCUT2D eigenvalue weighted by Crippen LogP contribution is 2.32. The Kier molecular flexibility index (Phi) is 4.71. The lowest BCUT2D eigenvalue weighted by Gasteiger charge is -2.21. The Hall–Kier alpha value is -2.21. The molecule has 1 atom stereocenters. The van der Waals surface area contributed by atoms with Crippen LogP contribution in [0.3, 0.4) is 0 Å². The molecule has 2 heterocycles. The molecule has 0 N–H and O–H groups in total. The molecule has 1 aliphatic heterocycles. The van der Waals surface area contributed by atoms with Gasteiger partial charge in [-0.25, -0.2) is 9.37 Å². The zero-order chi connectivity index (χ0) is 16.2. The summed E-state index contributed by atoms with van der Waals surface area (Å²) in [6.07, 6.45) is 3.68. The number of carbonyl (C=O) groups excluding carboxylic acids is 1. The van der Waals surface area contributed by atoms with Crippen LogP contribution >= 0.6 is 0 Å². The number of benzene rings is 1. The minimum atomic E-state index is -0.261. The summed E-state index contributed by atoms with van der Waals surface area (Å²) in [5.41, 5.74) is 0.564. The van der Waals surface area contributed by atoms with Gasteiger partial charge in [-0.05, 0) is 24.5 Å². The van der Waals surface area contributed by atoms with Crippen LogP contribution in [0.4, 0.5) is 4.39 Å². The summed E-state index contributed by atoms with van der Waals surface area (Å²) in [5.74, 6) is 0.779. The summed E-state index contributed by atoms with van der Waals surface area (Å²) in [4.78, 5) is 18.1. The summed E-state index contributed by atoms with van der Waals surface area (Å²) in [6, 6.07) is 6.43. The quantitative estimate of drug-likeness (QED) is 0.850. The van der Waals surface area contributed by atoms with E-state index in [0.717, 1.165) is 12.8 Å². The number of hydrogen-bond donors (Lipinski definition) is 0. The molecular weight excluding hydrogens is 299 g/mol. The molecule has 0 bridgehead atoms. The molecular formula is C17H19FN2O3. The largest absolute Gasteiger partial charge is 0.443 e. The third-order valence-corrected chi connectivity index (χ3v) is 4.02. The number of methoxy groups -OCH3 is 1. The predicted octanol–water partition coefficient (Wildman–Crippen LogP) is 2.71. The van der Waals surface area contributed by atoms with Gasteiger partial charge in [0.05, 0.1) is 6.20 Å². The van der Waals surface area contributed by atoms with Gasteiger partial charge in [0.1, 0.15) is 24.2 Å². The van der Waals surface area contributed by atoms with Gasteiger partial charge in [-0.1, -0.05) is 18.2 Å². The molecule has 1 aromatic carbocycles. The number of oxazole rings is 1. The lowest BCUT2D eigenvalue weighted by Crippen LogP contribution is -2.33. The van der Waals surface area contributed by atoms with Gasteiger partial charge in [0, 0.05) is 20.1 Å². The number of likely N-dealkylation sites (tertiary alicyclic amines) is 1. The summed E-state index contributed by atoms with van der Waals surface area (Å²) in [7, 11) is 1.50. The first-order chi connectivity index (χ1) is 11.2. The Morgan fingerprint density at radius 2 is 2.30 bits per heavy atom. The average Bonchev–Trinajstić information content (AvgIpc) is 3.18. The second-order valence-corrected chi connectivity index (χ2v) is 5.61. The Labute approximate surface area is 134 Å². The molecule has 6 heteroatoms. The molecule has 5 nitrogen and oxygen atoms in total. The van der Waals surface area contributed by atoms with Crippen LogP contribution in [0, 0.1) is 5.82 Å². The number of carbonyl (C=O) groups is 1.